The quantitative estimate of drug-likeness (QED) is 0.636. The van der Waals surface area contributed by atoms with E-state index in [-0.39, 0.29) is 11.3 Å². The van der Waals surface area contributed by atoms with Gasteiger partial charge in [0.15, 0.2) is 12.0 Å². The van der Waals surface area contributed by atoms with Crippen molar-refractivity contribution in [2.75, 3.05) is 7.11 Å². The molecule has 2 rings (SSSR count). The molecule has 0 aromatic carbocycles. The lowest BCUT2D eigenvalue weighted by molar-refractivity contribution is 0.0594. The zero-order chi connectivity index (χ0) is 14.0. The minimum absolute atomic E-state index is 0.0276. The van der Waals surface area contributed by atoms with Crippen LogP contribution in [0.25, 0.3) is 11.1 Å². The van der Waals surface area contributed by atoms with Crippen LogP contribution < -0.4 is 5.56 Å². The fourth-order valence-corrected chi connectivity index (χ4v) is 1.73. The van der Waals surface area contributed by atoms with Crippen LogP contribution in [0.1, 0.15) is 20.8 Å². The highest BCUT2D eigenvalue weighted by atomic mass is 16.5. The van der Waals surface area contributed by atoms with Crippen molar-refractivity contribution in [1.82, 2.24) is 14.8 Å². The van der Waals surface area contributed by atoms with Crippen molar-refractivity contribution < 1.29 is 14.3 Å². The smallest absolute Gasteiger partial charge is 0.356 e. The SMILES string of the molecule is COC(=O)c1[nH]n(C)c(=O)c1-c1cncc(C=O)c1. The molecule has 0 saturated carbocycles. The number of carbonyl (C=O) groups is 2. The molecule has 0 aliphatic heterocycles. The van der Waals surface area contributed by atoms with Crippen LogP contribution in [0.2, 0.25) is 0 Å². The Morgan fingerprint density at radius 1 is 1.47 bits per heavy atom. The number of nitrogens with one attached hydrogen (secondary N) is 1. The van der Waals surface area contributed by atoms with Gasteiger partial charge in [0.05, 0.1) is 12.7 Å². The zero-order valence-corrected chi connectivity index (χ0v) is 10.3. The molecule has 0 radical (unpaired) electrons. The molecule has 0 aliphatic rings. The van der Waals surface area contributed by atoms with Gasteiger partial charge in [-0.25, -0.2) is 4.79 Å². The van der Waals surface area contributed by atoms with E-state index in [1.54, 1.807) is 0 Å². The minimum atomic E-state index is -0.663. The maximum absolute atomic E-state index is 12.0. The Hall–Kier alpha value is -2.70. The molecular formula is C12H11N3O4. The summed E-state index contributed by atoms with van der Waals surface area (Å²) in [6, 6.07) is 1.48. The highest BCUT2D eigenvalue weighted by Gasteiger charge is 2.21. The van der Waals surface area contributed by atoms with Crippen molar-refractivity contribution >= 4 is 12.3 Å². The number of aryl methyl sites for hydroxylation is 1. The van der Waals surface area contributed by atoms with Crippen LogP contribution in [-0.4, -0.2) is 34.1 Å². The lowest BCUT2D eigenvalue weighted by Crippen LogP contribution is -2.13. The normalized spacial score (nSPS) is 10.2. The van der Waals surface area contributed by atoms with Crippen LogP contribution in [0.5, 0.6) is 0 Å². The van der Waals surface area contributed by atoms with Crippen molar-refractivity contribution in [3.8, 4) is 11.1 Å². The maximum atomic E-state index is 12.0. The topological polar surface area (TPSA) is 94.1 Å². The molecule has 2 aromatic heterocycles. The molecule has 2 aromatic rings. The van der Waals surface area contributed by atoms with Crippen LogP contribution in [0.3, 0.4) is 0 Å². The Morgan fingerprint density at radius 2 is 2.21 bits per heavy atom. The fourth-order valence-electron chi connectivity index (χ4n) is 1.73. The van der Waals surface area contributed by atoms with Crippen LogP contribution in [-0.2, 0) is 11.8 Å². The summed E-state index contributed by atoms with van der Waals surface area (Å²) in [6.07, 6.45) is 3.39. The number of methoxy groups -OCH3 is 1. The monoisotopic (exact) mass is 261 g/mol. The summed E-state index contributed by atoms with van der Waals surface area (Å²) in [5.74, 6) is -0.663. The summed E-state index contributed by atoms with van der Waals surface area (Å²) in [6.45, 7) is 0. The molecule has 19 heavy (non-hydrogen) atoms. The van der Waals surface area contributed by atoms with E-state index in [1.807, 2.05) is 0 Å². The van der Waals surface area contributed by atoms with E-state index in [4.69, 9.17) is 0 Å². The fraction of sp³-hybridized carbons (Fsp3) is 0.167. The van der Waals surface area contributed by atoms with Crippen molar-refractivity contribution in [2.24, 2.45) is 7.05 Å². The Bertz CT molecular complexity index is 699. The van der Waals surface area contributed by atoms with Crippen molar-refractivity contribution in [3.63, 3.8) is 0 Å². The van der Waals surface area contributed by atoms with Gasteiger partial charge in [-0.2, -0.15) is 0 Å². The van der Waals surface area contributed by atoms with Crippen molar-refractivity contribution in [2.45, 2.75) is 0 Å². The molecule has 0 spiro atoms. The summed E-state index contributed by atoms with van der Waals surface area (Å²) in [5.41, 5.74) is 0.457. The number of carbonyl (C=O) groups excluding carboxylic acids is 2. The second-order valence-electron chi connectivity index (χ2n) is 3.84. The molecule has 0 amide bonds. The molecule has 2 heterocycles. The number of aromatic nitrogens is 3. The summed E-state index contributed by atoms with van der Waals surface area (Å²) < 4.78 is 5.77. The number of nitrogens with zero attached hydrogens (tertiary/aromatic N) is 2. The Morgan fingerprint density at radius 3 is 2.84 bits per heavy atom. The number of H-pyrrole nitrogens is 1. The summed E-state index contributed by atoms with van der Waals surface area (Å²) in [4.78, 5) is 38.2. The molecule has 7 nitrogen and oxygen atoms in total. The summed E-state index contributed by atoms with van der Waals surface area (Å²) >= 11 is 0. The maximum Gasteiger partial charge on any atom is 0.356 e. The first-order valence-electron chi connectivity index (χ1n) is 5.36. The van der Waals surface area contributed by atoms with Crippen molar-refractivity contribution in [3.05, 3.63) is 40.1 Å². The van der Waals surface area contributed by atoms with Crippen LogP contribution in [0, 0.1) is 0 Å². The van der Waals surface area contributed by atoms with Crippen molar-refractivity contribution in [1.29, 1.82) is 0 Å². The Balaban J connectivity index is 2.70. The molecule has 0 aliphatic carbocycles. The highest BCUT2D eigenvalue weighted by Crippen LogP contribution is 2.19. The average Bonchev–Trinajstić information content (AvgIpc) is 2.74. The van der Waals surface area contributed by atoms with Crippen LogP contribution >= 0.6 is 0 Å². The zero-order valence-electron chi connectivity index (χ0n) is 10.3. The first-order valence-corrected chi connectivity index (χ1v) is 5.36. The van der Waals surface area contributed by atoms with Gasteiger partial charge in [0.25, 0.3) is 5.56 Å². The summed E-state index contributed by atoms with van der Waals surface area (Å²) in [7, 11) is 2.70. The van der Waals surface area contributed by atoms with Gasteiger partial charge in [0.2, 0.25) is 0 Å². The molecule has 0 atom stereocenters. The van der Waals surface area contributed by atoms with Gasteiger partial charge in [0.1, 0.15) is 0 Å². The Labute approximate surface area is 107 Å². The molecule has 98 valence electrons. The van der Waals surface area contributed by atoms with Gasteiger partial charge in [-0.05, 0) is 6.07 Å². The molecule has 0 bridgehead atoms. The van der Waals surface area contributed by atoms with E-state index in [9.17, 15) is 14.4 Å². The van der Waals surface area contributed by atoms with Crippen LogP contribution in [0.15, 0.2) is 23.3 Å². The standard InChI is InChI=1S/C12H11N3O4/c1-15-11(17)9(10(14-15)12(18)19-2)8-3-7(6-16)4-13-5-8/h3-6,14H,1-2H3. The minimum Gasteiger partial charge on any atom is -0.464 e. The molecule has 0 fully saturated rings. The van der Waals surface area contributed by atoms with E-state index in [2.05, 4.69) is 14.8 Å². The van der Waals surface area contributed by atoms with Crippen LogP contribution in [0.4, 0.5) is 0 Å². The number of aromatic amines is 1. The Kier molecular flexibility index (Phi) is 3.28. The van der Waals surface area contributed by atoms with Gasteiger partial charge in [-0.15, -0.1) is 0 Å². The lowest BCUT2D eigenvalue weighted by atomic mass is 10.1. The number of hydrogen-bond acceptors (Lipinski definition) is 5. The molecule has 0 saturated heterocycles. The predicted octanol–water partition coefficient (Wildman–Crippen LogP) is 0.374. The van der Waals surface area contributed by atoms with E-state index < -0.39 is 11.5 Å². The number of esters is 1. The van der Waals surface area contributed by atoms with Gasteiger partial charge < -0.3 is 4.74 Å². The molecule has 7 heteroatoms. The third kappa shape index (κ3) is 2.17. The highest BCUT2D eigenvalue weighted by molar-refractivity contribution is 5.95. The van der Waals surface area contributed by atoms with Gasteiger partial charge in [0, 0.05) is 30.6 Å². The second kappa shape index (κ2) is 4.89. The van der Waals surface area contributed by atoms with Gasteiger partial charge in [-0.1, -0.05) is 0 Å². The number of aldehydes is 1. The van der Waals surface area contributed by atoms with Gasteiger partial charge in [-0.3, -0.25) is 24.4 Å². The first kappa shape index (κ1) is 12.7. The number of ether oxygens (including phenoxy) is 1. The summed E-state index contributed by atoms with van der Waals surface area (Å²) in [5, 5.41) is 2.61. The van der Waals surface area contributed by atoms with Gasteiger partial charge >= 0.3 is 5.97 Å². The lowest BCUT2D eigenvalue weighted by Gasteiger charge is -2.00. The van der Waals surface area contributed by atoms with E-state index in [1.165, 1.54) is 32.6 Å². The second-order valence-corrected chi connectivity index (χ2v) is 3.84. The van der Waals surface area contributed by atoms with E-state index >= 15 is 0 Å². The first-order chi connectivity index (χ1) is 9.08. The van der Waals surface area contributed by atoms with E-state index in [0.717, 1.165) is 4.68 Å². The molecule has 0 unspecified atom stereocenters. The van der Waals surface area contributed by atoms with E-state index in [0.29, 0.717) is 17.4 Å². The average molecular weight is 261 g/mol. The number of pyridine rings is 1. The number of hydrogen-bond donors (Lipinski definition) is 1. The molecule has 1 N–H and O–H groups in total. The third-order valence-electron chi connectivity index (χ3n) is 2.62. The predicted molar refractivity (Wildman–Crippen MR) is 66.0 cm³/mol. The molecular weight excluding hydrogens is 250 g/mol. The number of rotatable bonds is 3. The largest absolute Gasteiger partial charge is 0.464 e. The third-order valence-corrected chi connectivity index (χ3v) is 2.62.